The first kappa shape index (κ1) is 15.0. The van der Waals surface area contributed by atoms with Gasteiger partial charge in [-0.2, -0.15) is 0 Å². The topological polar surface area (TPSA) is 40.5 Å². The minimum atomic E-state index is -0.860. The zero-order valence-electron chi connectivity index (χ0n) is 11.9. The van der Waals surface area contributed by atoms with Crippen LogP contribution in [0.15, 0.2) is 48.5 Å². The molecule has 0 aromatic heterocycles. The summed E-state index contributed by atoms with van der Waals surface area (Å²) in [6.07, 6.45) is 0.0163. The standard InChI is InChI=1S/C17H18FNO2/c1-13-5-2-3-6-14(13)12-19(10-9-17(20)21)16-8-4-7-15(18)11-16/h2-8,11H,9-10,12H2,1H3,(H,20,21). The van der Waals surface area contributed by atoms with E-state index in [1.165, 1.54) is 12.1 Å². The van der Waals surface area contributed by atoms with E-state index in [-0.39, 0.29) is 12.2 Å². The average Bonchev–Trinajstić information content (AvgIpc) is 2.45. The van der Waals surface area contributed by atoms with Crippen LogP contribution in [0, 0.1) is 12.7 Å². The molecule has 0 aliphatic heterocycles. The number of benzene rings is 2. The fourth-order valence-corrected chi connectivity index (χ4v) is 2.20. The number of carbonyl (C=O) groups is 1. The predicted molar refractivity (Wildman–Crippen MR) is 80.9 cm³/mol. The van der Waals surface area contributed by atoms with Crippen molar-refractivity contribution in [2.75, 3.05) is 11.4 Å². The van der Waals surface area contributed by atoms with Crippen LogP contribution in [-0.2, 0) is 11.3 Å². The first-order valence-electron chi connectivity index (χ1n) is 6.83. The normalized spacial score (nSPS) is 10.4. The van der Waals surface area contributed by atoms with Crippen LogP contribution < -0.4 is 4.90 Å². The van der Waals surface area contributed by atoms with Crippen molar-refractivity contribution in [1.29, 1.82) is 0 Å². The Morgan fingerprint density at radius 2 is 1.95 bits per heavy atom. The summed E-state index contributed by atoms with van der Waals surface area (Å²) >= 11 is 0. The summed E-state index contributed by atoms with van der Waals surface area (Å²) < 4.78 is 13.4. The van der Waals surface area contributed by atoms with Crippen LogP contribution in [0.4, 0.5) is 10.1 Å². The van der Waals surface area contributed by atoms with Gasteiger partial charge in [-0.25, -0.2) is 4.39 Å². The Hall–Kier alpha value is -2.36. The molecule has 21 heavy (non-hydrogen) atoms. The molecule has 0 saturated carbocycles. The van der Waals surface area contributed by atoms with Crippen molar-refractivity contribution in [3.05, 3.63) is 65.5 Å². The molecule has 0 amide bonds. The Labute approximate surface area is 123 Å². The fourth-order valence-electron chi connectivity index (χ4n) is 2.20. The van der Waals surface area contributed by atoms with Crippen molar-refractivity contribution < 1.29 is 14.3 Å². The van der Waals surface area contributed by atoms with Gasteiger partial charge in [0.15, 0.2) is 0 Å². The van der Waals surface area contributed by atoms with E-state index < -0.39 is 5.97 Å². The van der Waals surface area contributed by atoms with Crippen molar-refractivity contribution in [2.24, 2.45) is 0 Å². The Balaban J connectivity index is 2.23. The van der Waals surface area contributed by atoms with Crippen molar-refractivity contribution in [3.63, 3.8) is 0 Å². The molecule has 0 spiro atoms. The van der Waals surface area contributed by atoms with Gasteiger partial charge >= 0.3 is 5.97 Å². The van der Waals surface area contributed by atoms with Gasteiger partial charge in [0.2, 0.25) is 0 Å². The van der Waals surface area contributed by atoms with E-state index in [9.17, 15) is 9.18 Å². The first-order chi connectivity index (χ1) is 10.1. The summed E-state index contributed by atoms with van der Waals surface area (Å²) in [6, 6.07) is 14.2. The zero-order valence-corrected chi connectivity index (χ0v) is 11.9. The quantitative estimate of drug-likeness (QED) is 0.882. The number of aliphatic carboxylic acids is 1. The molecule has 1 N–H and O–H groups in total. The average molecular weight is 287 g/mol. The van der Waals surface area contributed by atoms with E-state index in [0.717, 1.165) is 11.1 Å². The molecule has 0 bridgehead atoms. The van der Waals surface area contributed by atoms with E-state index >= 15 is 0 Å². The molecule has 2 aromatic rings. The number of anilines is 1. The van der Waals surface area contributed by atoms with Gasteiger partial charge in [0.1, 0.15) is 5.82 Å². The second kappa shape index (κ2) is 6.88. The van der Waals surface area contributed by atoms with Crippen LogP contribution in [0.2, 0.25) is 0 Å². The van der Waals surface area contributed by atoms with Crippen LogP contribution in [0.25, 0.3) is 0 Å². The number of aryl methyl sites for hydroxylation is 1. The Morgan fingerprint density at radius 3 is 2.62 bits per heavy atom. The number of carboxylic acids is 1. The van der Waals surface area contributed by atoms with Crippen molar-refractivity contribution in [2.45, 2.75) is 19.9 Å². The van der Waals surface area contributed by atoms with Crippen LogP contribution in [0.3, 0.4) is 0 Å². The maximum absolute atomic E-state index is 13.4. The number of hydrogen-bond donors (Lipinski definition) is 1. The third-order valence-corrected chi connectivity index (χ3v) is 3.39. The number of halogens is 1. The number of carboxylic acid groups (broad SMARTS) is 1. The Bertz CT molecular complexity index is 628. The summed E-state index contributed by atoms with van der Waals surface area (Å²) in [4.78, 5) is 12.7. The SMILES string of the molecule is Cc1ccccc1CN(CCC(=O)O)c1cccc(F)c1. The molecule has 110 valence electrons. The summed E-state index contributed by atoms with van der Waals surface area (Å²) in [5.74, 6) is -1.18. The van der Waals surface area contributed by atoms with Crippen molar-refractivity contribution >= 4 is 11.7 Å². The van der Waals surface area contributed by atoms with Crippen LogP contribution >= 0.6 is 0 Å². The minimum absolute atomic E-state index is 0.0163. The second-order valence-corrected chi connectivity index (χ2v) is 4.97. The monoisotopic (exact) mass is 287 g/mol. The molecule has 4 heteroatoms. The van der Waals surface area contributed by atoms with E-state index in [1.54, 1.807) is 12.1 Å². The largest absolute Gasteiger partial charge is 0.481 e. The number of nitrogens with zero attached hydrogens (tertiary/aromatic N) is 1. The van der Waals surface area contributed by atoms with Gasteiger partial charge in [-0.1, -0.05) is 30.3 Å². The lowest BCUT2D eigenvalue weighted by atomic mass is 10.1. The Kier molecular flexibility index (Phi) is 4.93. The highest BCUT2D eigenvalue weighted by Crippen LogP contribution is 2.20. The van der Waals surface area contributed by atoms with Crippen molar-refractivity contribution in [1.82, 2.24) is 0 Å². The van der Waals surface area contributed by atoms with Crippen molar-refractivity contribution in [3.8, 4) is 0 Å². The zero-order chi connectivity index (χ0) is 15.2. The molecule has 0 unspecified atom stereocenters. The van der Waals surface area contributed by atoms with E-state index in [1.807, 2.05) is 36.1 Å². The van der Waals surface area contributed by atoms with Crippen LogP contribution in [0.1, 0.15) is 17.5 Å². The van der Waals surface area contributed by atoms with Gasteiger partial charge in [0, 0.05) is 18.8 Å². The molecular formula is C17H18FNO2. The maximum atomic E-state index is 13.4. The van der Waals surface area contributed by atoms with Crippen LogP contribution in [-0.4, -0.2) is 17.6 Å². The van der Waals surface area contributed by atoms with Gasteiger partial charge in [-0.05, 0) is 36.2 Å². The van der Waals surface area contributed by atoms with Gasteiger partial charge in [0.25, 0.3) is 0 Å². The first-order valence-corrected chi connectivity index (χ1v) is 6.83. The third-order valence-electron chi connectivity index (χ3n) is 3.39. The highest BCUT2D eigenvalue weighted by Gasteiger charge is 2.11. The molecule has 2 rings (SSSR count). The molecule has 0 aliphatic carbocycles. The molecule has 2 aromatic carbocycles. The lowest BCUT2D eigenvalue weighted by Crippen LogP contribution is -2.26. The summed E-state index contributed by atoms with van der Waals surface area (Å²) in [5, 5.41) is 8.88. The smallest absolute Gasteiger partial charge is 0.305 e. The molecule has 0 fully saturated rings. The molecule has 0 heterocycles. The highest BCUT2D eigenvalue weighted by molar-refractivity contribution is 5.67. The summed E-state index contributed by atoms with van der Waals surface area (Å²) in [5.41, 5.74) is 2.93. The number of hydrogen-bond acceptors (Lipinski definition) is 2. The lowest BCUT2D eigenvalue weighted by molar-refractivity contribution is -0.136. The lowest BCUT2D eigenvalue weighted by Gasteiger charge is -2.25. The summed E-state index contributed by atoms with van der Waals surface area (Å²) in [6.45, 7) is 2.91. The van der Waals surface area contributed by atoms with Crippen LogP contribution in [0.5, 0.6) is 0 Å². The Morgan fingerprint density at radius 1 is 1.19 bits per heavy atom. The van der Waals surface area contributed by atoms with E-state index in [2.05, 4.69) is 0 Å². The number of rotatable bonds is 6. The van der Waals surface area contributed by atoms with Gasteiger partial charge in [-0.3, -0.25) is 4.79 Å². The molecule has 0 saturated heterocycles. The summed E-state index contributed by atoms with van der Waals surface area (Å²) in [7, 11) is 0. The van der Waals surface area contributed by atoms with Gasteiger partial charge in [0.05, 0.1) is 6.42 Å². The van der Waals surface area contributed by atoms with Gasteiger partial charge in [-0.15, -0.1) is 0 Å². The predicted octanol–water partition coefficient (Wildman–Crippen LogP) is 3.62. The third kappa shape index (κ3) is 4.31. The maximum Gasteiger partial charge on any atom is 0.305 e. The van der Waals surface area contributed by atoms with E-state index in [0.29, 0.717) is 18.8 Å². The fraction of sp³-hybridized carbons (Fsp3) is 0.235. The highest BCUT2D eigenvalue weighted by atomic mass is 19.1. The molecule has 0 atom stereocenters. The minimum Gasteiger partial charge on any atom is -0.481 e. The van der Waals surface area contributed by atoms with E-state index in [4.69, 9.17) is 5.11 Å². The second-order valence-electron chi connectivity index (χ2n) is 4.97. The molecule has 0 aliphatic rings. The van der Waals surface area contributed by atoms with Gasteiger partial charge < -0.3 is 10.0 Å². The molecule has 0 radical (unpaired) electrons. The molecular weight excluding hydrogens is 269 g/mol. The molecule has 3 nitrogen and oxygen atoms in total.